The van der Waals surface area contributed by atoms with Gasteiger partial charge in [-0.25, -0.2) is 4.98 Å². The van der Waals surface area contributed by atoms with Crippen LogP contribution in [0.2, 0.25) is 0 Å². The number of rotatable bonds is 7. The number of aryl methyl sites for hydroxylation is 2. The molecule has 1 saturated carbocycles. The highest BCUT2D eigenvalue weighted by Crippen LogP contribution is 2.38. The SMILES string of the molecule is COc1ccc(C(NC(=O)CCc2c(C)noc2C)C2CC(O)C2)cn1. The first-order valence-corrected chi connectivity index (χ1v) is 8.87. The zero-order valence-electron chi connectivity index (χ0n) is 15.4. The minimum atomic E-state index is -0.284. The largest absolute Gasteiger partial charge is 0.481 e. The van der Waals surface area contributed by atoms with Gasteiger partial charge in [-0.05, 0) is 44.6 Å². The molecule has 1 aliphatic rings. The number of nitrogens with one attached hydrogen (secondary N) is 1. The summed E-state index contributed by atoms with van der Waals surface area (Å²) in [5.74, 6) is 1.47. The summed E-state index contributed by atoms with van der Waals surface area (Å²) in [6.07, 6.45) is 3.75. The Morgan fingerprint density at radius 2 is 2.19 bits per heavy atom. The molecule has 3 rings (SSSR count). The fraction of sp³-hybridized carbons (Fsp3) is 0.526. The summed E-state index contributed by atoms with van der Waals surface area (Å²) in [5.41, 5.74) is 2.74. The second-order valence-electron chi connectivity index (χ2n) is 6.87. The Morgan fingerprint density at radius 3 is 2.73 bits per heavy atom. The first-order chi connectivity index (χ1) is 12.5. The molecule has 0 spiro atoms. The van der Waals surface area contributed by atoms with Crippen LogP contribution in [0.5, 0.6) is 5.88 Å². The van der Waals surface area contributed by atoms with Gasteiger partial charge in [-0.15, -0.1) is 0 Å². The highest BCUT2D eigenvalue weighted by atomic mass is 16.5. The Balaban J connectivity index is 1.66. The third-order valence-electron chi connectivity index (χ3n) is 5.05. The van der Waals surface area contributed by atoms with E-state index >= 15 is 0 Å². The Bertz CT molecular complexity index is 731. The van der Waals surface area contributed by atoms with Crippen molar-refractivity contribution < 1.29 is 19.2 Å². The maximum Gasteiger partial charge on any atom is 0.220 e. The van der Waals surface area contributed by atoms with Gasteiger partial charge >= 0.3 is 0 Å². The monoisotopic (exact) mass is 359 g/mol. The summed E-state index contributed by atoms with van der Waals surface area (Å²) < 4.78 is 10.2. The van der Waals surface area contributed by atoms with Crippen LogP contribution in [0.15, 0.2) is 22.9 Å². The number of aliphatic hydroxyl groups is 1. The third-order valence-corrected chi connectivity index (χ3v) is 5.05. The lowest BCUT2D eigenvalue weighted by Gasteiger charge is -2.38. The molecule has 1 aliphatic carbocycles. The molecule has 2 aromatic heterocycles. The first-order valence-electron chi connectivity index (χ1n) is 8.87. The smallest absolute Gasteiger partial charge is 0.220 e. The lowest BCUT2D eigenvalue weighted by atomic mass is 9.75. The summed E-state index contributed by atoms with van der Waals surface area (Å²) >= 11 is 0. The van der Waals surface area contributed by atoms with E-state index in [2.05, 4.69) is 15.5 Å². The molecule has 7 heteroatoms. The number of carbonyl (C=O) groups is 1. The minimum Gasteiger partial charge on any atom is -0.481 e. The standard InChI is InChI=1S/C19H25N3O4/c1-11-16(12(2)26-22-11)5-6-17(24)21-19(14-8-15(23)9-14)13-4-7-18(25-3)20-10-13/h4,7,10,14-15,19,23H,5-6,8-9H2,1-3H3,(H,21,24). The summed E-state index contributed by atoms with van der Waals surface area (Å²) in [5, 5.41) is 16.7. The molecule has 140 valence electrons. The molecule has 2 N–H and O–H groups in total. The molecule has 0 aliphatic heterocycles. The number of pyridine rings is 1. The van der Waals surface area contributed by atoms with Crippen LogP contribution < -0.4 is 10.1 Å². The van der Waals surface area contributed by atoms with Crippen molar-refractivity contribution in [2.24, 2.45) is 5.92 Å². The topological polar surface area (TPSA) is 97.5 Å². The molecule has 1 amide bonds. The van der Waals surface area contributed by atoms with E-state index in [1.807, 2.05) is 19.9 Å². The van der Waals surface area contributed by atoms with Gasteiger partial charge in [0.1, 0.15) is 5.76 Å². The Hall–Kier alpha value is -2.41. The van der Waals surface area contributed by atoms with Crippen LogP contribution in [-0.4, -0.2) is 34.4 Å². The van der Waals surface area contributed by atoms with E-state index < -0.39 is 0 Å². The Labute approximate surface area is 152 Å². The summed E-state index contributed by atoms with van der Waals surface area (Å²) in [6, 6.07) is 3.54. The van der Waals surface area contributed by atoms with E-state index in [4.69, 9.17) is 9.26 Å². The van der Waals surface area contributed by atoms with Crippen LogP contribution in [0.3, 0.4) is 0 Å². The molecular formula is C19H25N3O4. The number of methoxy groups -OCH3 is 1. The highest BCUT2D eigenvalue weighted by Gasteiger charge is 2.35. The number of ether oxygens (including phenoxy) is 1. The Kier molecular flexibility index (Phi) is 5.56. The van der Waals surface area contributed by atoms with Crippen LogP contribution in [0.1, 0.15) is 47.9 Å². The lowest BCUT2D eigenvalue weighted by molar-refractivity contribution is -0.123. The van der Waals surface area contributed by atoms with Crippen molar-refractivity contribution in [1.82, 2.24) is 15.5 Å². The second kappa shape index (κ2) is 7.86. The second-order valence-corrected chi connectivity index (χ2v) is 6.87. The maximum atomic E-state index is 12.5. The quantitative estimate of drug-likeness (QED) is 0.787. The molecule has 7 nitrogen and oxygen atoms in total. The average Bonchev–Trinajstić information content (AvgIpc) is 2.93. The summed E-state index contributed by atoms with van der Waals surface area (Å²) in [6.45, 7) is 3.74. The van der Waals surface area contributed by atoms with Crippen LogP contribution in [-0.2, 0) is 11.2 Å². The molecule has 0 aromatic carbocycles. The van der Waals surface area contributed by atoms with Crippen LogP contribution in [0, 0.1) is 19.8 Å². The number of hydrogen-bond donors (Lipinski definition) is 2. The molecule has 2 heterocycles. The predicted octanol–water partition coefficient (Wildman–Crippen LogP) is 2.26. The molecule has 2 aromatic rings. The van der Waals surface area contributed by atoms with E-state index in [0.29, 0.717) is 31.6 Å². The number of aliphatic hydroxyl groups excluding tert-OH is 1. The molecule has 0 saturated heterocycles. The number of amides is 1. The highest BCUT2D eigenvalue weighted by molar-refractivity contribution is 5.76. The van der Waals surface area contributed by atoms with Gasteiger partial charge in [0.2, 0.25) is 11.8 Å². The van der Waals surface area contributed by atoms with Gasteiger partial charge in [0.15, 0.2) is 0 Å². The third kappa shape index (κ3) is 4.04. The van der Waals surface area contributed by atoms with Crippen molar-refractivity contribution >= 4 is 5.91 Å². The zero-order valence-corrected chi connectivity index (χ0v) is 15.4. The number of nitrogens with zero attached hydrogens (tertiary/aromatic N) is 2. The van der Waals surface area contributed by atoms with Crippen molar-refractivity contribution in [1.29, 1.82) is 0 Å². The fourth-order valence-electron chi connectivity index (χ4n) is 3.41. The molecule has 1 fully saturated rings. The number of carbonyl (C=O) groups excluding carboxylic acids is 1. The number of aromatic nitrogens is 2. The molecule has 0 radical (unpaired) electrons. The molecule has 0 bridgehead atoms. The maximum absolute atomic E-state index is 12.5. The normalized spacial score (nSPS) is 20.3. The van der Waals surface area contributed by atoms with Gasteiger partial charge < -0.3 is 19.7 Å². The van der Waals surface area contributed by atoms with E-state index in [9.17, 15) is 9.90 Å². The van der Waals surface area contributed by atoms with Gasteiger partial charge in [-0.1, -0.05) is 11.2 Å². The fourth-order valence-corrected chi connectivity index (χ4v) is 3.41. The van der Waals surface area contributed by atoms with E-state index in [1.165, 1.54) is 0 Å². The van der Waals surface area contributed by atoms with E-state index in [1.54, 1.807) is 19.4 Å². The van der Waals surface area contributed by atoms with Crippen LogP contribution in [0.4, 0.5) is 0 Å². The zero-order chi connectivity index (χ0) is 18.7. The van der Waals surface area contributed by atoms with Gasteiger partial charge in [0, 0.05) is 24.2 Å². The van der Waals surface area contributed by atoms with Crippen molar-refractivity contribution in [3.8, 4) is 5.88 Å². The van der Waals surface area contributed by atoms with Crippen molar-refractivity contribution in [3.05, 3.63) is 40.9 Å². The van der Waals surface area contributed by atoms with Crippen molar-refractivity contribution in [2.45, 2.75) is 51.7 Å². The molecule has 26 heavy (non-hydrogen) atoms. The summed E-state index contributed by atoms with van der Waals surface area (Å²) in [4.78, 5) is 16.8. The molecule has 1 atom stereocenters. The van der Waals surface area contributed by atoms with E-state index in [0.717, 1.165) is 22.6 Å². The van der Waals surface area contributed by atoms with Gasteiger partial charge in [-0.2, -0.15) is 0 Å². The van der Waals surface area contributed by atoms with Crippen molar-refractivity contribution in [2.75, 3.05) is 7.11 Å². The van der Waals surface area contributed by atoms with Gasteiger partial charge in [0.25, 0.3) is 0 Å². The average molecular weight is 359 g/mol. The summed E-state index contributed by atoms with van der Waals surface area (Å²) in [7, 11) is 1.57. The minimum absolute atomic E-state index is 0.0350. The predicted molar refractivity (Wildman–Crippen MR) is 94.7 cm³/mol. The number of hydrogen-bond acceptors (Lipinski definition) is 6. The molecular weight excluding hydrogens is 334 g/mol. The van der Waals surface area contributed by atoms with Crippen molar-refractivity contribution in [3.63, 3.8) is 0 Å². The van der Waals surface area contributed by atoms with Crippen LogP contribution in [0.25, 0.3) is 0 Å². The Morgan fingerprint density at radius 1 is 1.42 bits per heavy atom. The van der Waals surface area contributed by atoms with Gasteiger partial charge in [-0.3, -0.25) is 4.79 Å². The van der Waals surface area contributed by atoms with E-state index in [-0.39, 0.29) is 24.0 Å². The van der Waals surface area contributed by atoms with Gasteiger partial charge in [0.05, 0.1) is 24.9 Å². The first kappa shape index (κ1) is 18.4. The molecule has 1 unspecified atom stereocenters. The lowest BCUT2D eigenvalue weighted by Crippen LogP contribution is -2.41. The van der Waals surface area contributed by atoms with Crippen LogP contribution >= 0.6 is 0 Å².